The van der Waals surface area contributed by atoms with E-state index < -0.39 is 10.0 Å². The predicted octanol–water partition coefficient (Wildman–Crippen LogP) is -0.796. The molecule has 0 aromatic carbocycles. The van der Waals surface area contributed by atoms with Gasteiger partial charge in [0.2, 0.25) is 10.0 Å². The molecule has 0 saturated heterocycles. The summed E-state index contributed by atoms with van der Waals surface area (Å²) in [5.74, 6) is -0.141. The third-order valence-electron chi connectivity index (χ3n) is 1.17. The summed E-state index contributed by atoms with van der Waals surface area (Å²) < 4.78 is 22.9. The highest BCUT2D eigenvalue weighted by Gasteiger charge is 2.14. The van der Waals surface area contributed by atoms with Crippen LogP contribution < -0.4 is 5.73 Å². The molecule has 0 aliphatic heterocycles. The molecule has 0 bridgehead atoms. The summed E-state index contributed by atoms with van der Waals surface area (Å²) in [5, 5.41) is 6.88. The molecule has 0 radical (unpaired) electrons. The molecule has 11 heavy (non-hydrogen) atoms. The van der Waals surface area contributed by atoms with Gasteiger partial charge < -0.3 is 5.73 Å². The van der Waals surface area contributed by atoms with Crippen molar-refractivity contribution in [1.29, 1.82) is 5.41 Å². The molecule has 6 heteroatoms. The Kier molecular flexibility index (Phi) is 3.47. The highest BCUT2D eigenvalue weighted by Crippen LogP contribution is 1.94. The highest BCUT2D eigenvalue weighted by atomic mass is 32.2. The summed E-state index contributed by atoms with van der Waals surface area (Å²) in [7, 11) is -3.20. The molecule has 0 amide bonds. The standard InChI is InChI=1S/C5H13N3O2S/c1-3-8(4-5(6)7)11(2,9)10/h3-4H2,1-2H3,(H3,6,7). The minimum Gasteiger partial charge on any atom is -0.387 e. The Morgan fingerprint density at radius 1 is 1.64 bits per heavy atom. The molecular weight excluding hydrogens is 166 g/mol. The lowest BCUT2D eigenvalue weighted by Crippen LogP contribution is -2.37. The lowest BCUT2D eigenvalue weighted by molar-refractivity contribution is 0.471. The molecule has 3 N–H and O–H groups in total. The Balaban J connectivity index is 4.31. The van der Waals surface area contributed by atoms with Gasteiger partial charge in [0.1, 0.15) is 5.84 Å². The van der Waals surface area contributed by atoms with E-state index in [0.717, 1.165) is 10.6 Å². The van der Waals surface area contributed by atoms with Gasteiger partial charge in [0.15, 0.2) is 0 Å². The van der Waals surface area contributed by atoms with Crippen LogP contribution in [0.2, 0.25) is 0 Å². The van der Waals surface area contributed by atoms with Crippen LogP contribution in [-0.4, -0.2) is 37.9 Å². The lowest BCUT2D eigenvalue weighted by atomic mass is 10.6. The molecule has 0 aromatic rings. The van der Waals surface area contributed by atoms with Crippen molar-refractivity contribution < 1.29 is 8.42 Å². The normalized spacial score (nSPS) is 11.9. The van der Waals surface area contributed by atoms with E-state index in [1.165, 1.54) is 0 Å². The summed E-state index contributed by atoms with van der Waals surface area (Å²) in [5.41, 5.74) is 5.04. The Hall–Kier alpha value is -0.620. The van der Waals surface area contributed by atoms with Gasteiger partial charge in [0.05, 0.1) is 12.8 Å². The fraction of sp³-hybridized carbons (Fsp3) is 0.800. The topological polar surface area (TPSA) is 87.2 Å². The second-order valence-electron chi connectivity index (χ2n) is 2.21. The number of sulfonamides is 1. The number of nitrogens with zero attached hydrogens (tertiary/aromatic N) is 1. The second-order valence-corrected chi connectivity index (χ2v) is 4.20. The highest BCUT2D eigenvalue weighted by molar-refractivity contribution is 7.88. The molecule has 66 valence electrons. The summed E-state index contributed by atoms with van der Waals surface area (Å²) in [4.78, 5) is 0. The van der Waals surface area contributed by atoms with E-state index in [1.807, 2.05) is 0 Å². The van der Waals surface area contributed by atoms with E-state index >= 15 is 0 Å². The van der Waals surface area contributed by atoms with Crippen molar-refractivity contribution in [2.75, 3.05) is 19.3 Å². The van der Waals surface area contributed by atoms with E-state index in [9.17, 15) is 8.42 Å². The number of hydrogen-bond acceptors (Lipinski definition) is 3. The third kappa shape index (κ3) is 3.94. The maximum atomic E-state index is 10.9. The zero-order valence-corrected chi connectivity index (χ0v) is 7.48. The average Bonchev–Trinajstić information content (AvgIpc) is 1.79. The van der Waals surface area contributed by atoms with Crippen molar-refractivity contribution in [2.45, 2.75) is 6.92 Å². The Bertz CT molecular complexity index is 234. The van der Waals surface area contributed by atoms with Crippen molar-refractivity contribution in [2.24, 2.45) is 5.73 Å². The molecular formula is C5H13N3O2S. The van der Waals surface area contributed by atoms with Crippen LogP contribution in [0.15, 0.2) is 0 Å². The van der Waals surface area contributed by atoms with Crippen LogP contribution in [0.25, 0.3) is 0 Å². The SMILES string of the molecule is CCN(CC(=N)N)S(C)(=O)=O. The van der Waals surface area contributed by atoms with Gasteiger partial charge in [-0.15, -0.1) is 0 Å². The van der Waals surface area contributed by atoms with Crippen LogP contribution in [0.3, 0.4) is 0 Å². The van der Waals surface area contributed by atoms with Gasteiger partial charge >= 0.3 is 0 Å². The van der Waals surface area contributed by atoms with Gasteiger partial charge in [-0.05, 0) is 0 Å². The van der Waals surface area contributed by atoms with Crippen molar-refractivity contribution >= 4 is 15.9 Å². The van der Waals surface area contributed by atoms with E-state index in [0.29, 0.717) is 6.54 Å². The maximum Gasteiger partial charge on any atom is 0.211 e. The lowest BCUT2D eigenvalue weighted by Gasteiger charge is -2.15. The Morgan fingerprint density at radius 2 is 2.09 bits per heavy atom. The molecule has 0 spiro atoms. The molecule has 0 aromatic heterocycles. The van der Waals surface area contributed by atoms with Crippen molar-refractivity contribution in [1.82, 2.24) is 4.31 Å². The van der Waals surface area contributed by atoms with E-state index in [4.69, 9.17) is 11.1 Å². The first-order valence-corrected chi connectivity index (χ1v) is 5.00. The Morgan fingerprint density at radius 3 is 2.18 bits per heavy atom. The van der Waals surface area contributed by atoms with Crippen LogP contribution in [0, 0.1) is 5.41 Å². The van der Waals surface area contributed by atoms with Crippen LogP contribution in [-0.2, 0) is 10.0 Å². The summed E-state index contributed by atoms with van der Waals surface area (Å²) in [6.07, 6.45) is 1.10. The first-order chi connectivity index (χ1) is 4.88. The molecule has 0 aliphatic carbocycles. The molecule has 0 heterocycles. The first-order valence-electron chi connectivity index (χ1n) is 3.16. The number of likely N-dealkylation sites (N-methyl/N-ethyl adjacent to an activating group) is 1. The quantitative estimate of drug-likeness (QED) is 0.437. The molecule has 0 aliphatic rings. The maximum absolute atomic E-state index is 10.9. The molecule has 0 fully saturated rings. The Labute approximate surface area is 66.7 Å². The first kappa shape index (κ1) is 10.4. The second kappa shape index (κ2) is 3.68. The van der Waals surface area contributed by atoms with Crippen molar-refractivity contribution in [3.8, 4) is 0 Å². The van der Waals surface area contributed by atoms with Gasteiger partial charge in [-0.3, -0.25) is 5.41 Å². The van der Waals surface area contributed by atoms with Crippen LogP contribution >= 0.6 is 0 Å². The number of hydrogen-bond donors (Lipinski definition) is 2. The number of nitrogens with one attached hydrogen (secondary N) is 1. The summed E-state index contributed by atoms with van der Waals surface area (Å²) in [6, 6.07) is 0. The van der Waals surface area contributed by atoms with Gasteiger partial charge in [-0.25, -0.2) is 8.42 Å². The van der Waals surface area contributed by atoms with Crippen LogP contribution in [0.4, 0.5) is 0 Å². The van der Waals surface area contributed by atoms with Gasteiger partial charge in [0.25, 0.3) is 0 Å². The van der Waals surface area contributed by atoms with Gasteiger partial charge in [-0.2, -0.15) is 4.31 Å². The molecule has 5 nitrogen and oxygen atoms in total. The average molecular weight is 179 g/mol. The van der Waals surface area contributed by atoms with Crippen LogP contribution in [0.5, 0.6) is 0 Å². The van der Waals surface area contributed by atoms with E-state index in [1.54, 1.807) is 6.92 Å². The monoisotopic (exact) mass is 179 g/mol. The number of amidine groups is 1. The zero-order valence-electron chi connectivity index (χ0n) is 6.66. The van der Waals surface area contributed by atoms with Crippen molar-refractivity contribution in [3.63, 3.8) is 0 Å². The summed E-state index contributed by atoms with van der Waals surface area (Å²) >= 11 is 0. The van der Waals surface area contributed by atoms with Gasteiger partial charge in [-0.1, -0.05) is 6.92 Å². The van der Waals surface area contributed by atoms with E-state index in [2.05, 4.69) is 0 Å². The molecule has 0 atom stereocenters. The van der Waals surface area contributed by atoms with Crippen LogP contribution in [0.1, 0.15) is 6.92 Å². The third-order valence-corrected chi connectivity index (χ3v) is 2.49. The smallest absolute Gasteiger partial charge is 0.211 e. The fourth-order valence-corrected chi connectivity index (χ4v) is 1.50. The van der Waals surface area contributed by atoms with Gasteiger partial charge in [0, 0.05) is 6.54 Å². The fourth-order valence-electron chi connectivity index (χ4n) is 0.654. The molecule has 0 unspecified atom stereocenters. The molecule has 0 saturated carbocycles. The predicted molar refractivity (Wildman–Crippen MR) is 44.0 cm³/mol. The summed E-state index contributed by atoms with van der Waals surface area (Å²) in [6.45, 7) is 2.03. The number of nitrogens with two attached hydrogens (primary N) is 1. The van der Waals surface area contributed by atoms with Crippen molar-refractivity contribution in [3.05, 3.63) is 0 Å². The number of rotatable bonds is 4. The minimum absolute atomic E-state index is 0.0185. The van der Waals surface area contributed by atoms with E-state index in [-0.39, 0.29) is 12.4 Å². The largest absolute Gasteiger partial charge is 0.387 e. The minimum atomic E-state index is -3.20. The zero-order chi connectivity index (χ0) is 9.07. The molecule has 0 rings (SSSR count).